The molecule has 0 bridgehead atoms. The molecule has 0 aliphatic carbocycles. The Morgan fingerprint density at radius 3 is 2.60 bits per heavy atom. The summed E-state index contributed by atoms with van der Waals surface area (Å²) >= 11 is 5.86. The summed E-state index contributed by atoms with van der Waals surface area (Å²) in [6, 6.07) is 6.29. The highest BCUT2D eigenvalue weighted by molar-refractivity contribution is 7.92. The second-order valence-electron chi connectivity index (χ2n) is 4.46. The number of anilines is 2. The normalized spacial score (nSPS) is 11.3. The van der Waals surface area contributed by atoms with Crippen LogP contribution in [0.4, 0.5) is 11.5 Å². The number of rotatable bonds is 3. The number of nitrogens with zero attached hydrogens (tertiary/aromatic N) is 1. The first kappa shape index (κ1) is 14.6. The van der Waals surface area contributed by atoms with Crippen LogP contribution >= 0.6 is 11.6 Å². The summed E-state index contributed by atoms with van der Waals surface area (Å²) in [7, 11) is -3.75. The third kappa shape index (κ3) is 3.02. The standard InChI is InChI=1S/C13H14ClN3O2S/c1-8-3-4-16-13(5-8)17-20(18,19)12-7-11(15)10(14)6-9(12)2/h3-7H,15H2,1-2H3,(H,16,17). The minimum absolute atomic E-state index is 0.0858. The molecule has 1 heterocycles. The molecular weight excluding hydrogens is 298 g/mol. The molecule has 0 fully saturated rings. The van der Waals surface area contributed by atoms with Crippen molar-refractivity contribution in [2.24, 2.45) is 0 Å². The van der Waals surface area contributed by atoms with E-state index in [9.17, 15) is 8.42 Å². The van der Waals surface area contributed by atoms with Crippen LogP contribution in [0.15, 0.2) is 35.4 Å². The van der Waals surface area contributed by atoms with Gasteiger partial charge in [0, 0.05) is 6.20 Å². The van der Waals surface area contributed by atoms with Crippen molar-refractivity contribution in [1.29, 1.82) is 0 Å². The number of pyridine rings is 1. The van der Waals surface area contributed by atoms with E-state index in [0.29, 0.717) is 10.6 Å². The van der Waals surface area contributed by atoms with Crippen LogP contribution in [-0.4, -0.2) is 13.4 Å². The fourth-order valence-corrected chi connectivity index (χ4v) is 3.22. The van der Waals surface area contributed by atoms with Crippen molar-refractivity contribution in [3.8, 4) is 0 Å². The van der Waals surface area contributed by atoms with E-state index >= 15 is 0 Å². The van der Waals surface area contributed by atoms with Gasteiger partial charge in [-0.25, -0.2) is 13.4 Å². The Morgan fingerprint density at radius 1 is 1.25 bits per heavy atom. The van der Waals surface area contributed by atoms with Gasteiger partial charge in [0.2, 0.25) is 0 Å². The molecule has 1 aromatic carbocycles. The molecule has 0 saturated carbocycles. The Labute approximate surface area is 122 Å². The molecule has 1 aromatic heterocycles. The summed E-state index contributed by atoms with van der Waals surface area (Å²) in [5, 5.41) is 0.329. The lowest BCUT2D eigenvalue weighted by molar-refractivity contribution is 0.600. The fourth-order valence-electron chi connectivity index (χ4n) is 1.74. The number of aromatic nitrogens is 1. The number of nitrogens with one attached hydrogen (secondary N) is 1. The van der Waals surface area contributed by atoms with Gasteiger partial charge in [0.25, 0.3) is 10.0 Å². The highest BCUT2D eigenvalue weighted by Gasteiger charge is 2.19. The van der Waals surface area contributed by atoms with Gasteiger partial charge in [-0.05, 0) is 49.2 Å². The maximum atomic E-state index is 12.3. The van der Waals surface area contributed by atoms with Gasteiger partial charge in [-0.2, -0.15) is 0 Å². The zero-order chi connectivity index (χ0) is 14.9. The van der Waals surface area contributed by atoms with Crippen molar-refractivity contribution in [1.82, 2.24) is 4.98 Å². The summed E-state index contributed by atoms with van der Waals surface area (Å²) < 4.78 is 27.1. The summed E-state index contributed by atoms with van der Waals surface area (Å²) in [6.45, 7) is 3.51. The second-order valence-corrected chi connectivity index (χ2v) is 6.52. The van der Waals surface area contributed by atoms with Gasteiger partial charge < -0.3 is 5.73 Å². The molecule has 2 rings (SSSR count). The second kappa shape index (κ2) is 5.30. The third-order valence-electron chi connectivity index (χ3n) is 2.74. The highest BCUT2D eigenvalue weighted by atomic mass is 35.5. The van der Waals surface area contributed by atoms with E-state index in [-0.39, 0.29) is 16.4 Å². The van der Waals surface area contributed by atoms with Crippen LogP contribution in [-0.2, 0) is 10.0 Å². The zero-order valence-corrected chi connectivity index (χ0v) is 12.6. The Bertz CT molecular complexity index is 760. The molecule has 2 aromatic rings. The maximum absolute atomic E-state index is 12.3. The Balaban J connectivity index is 2.43. The first-order chi connectivity index (χ1) is 9.29. The van der Waals surface area contributed by atoms with Crippen LogP contribution in [0.1, 0.15) is 11.1 Å². The minimum atomic E-state index is -3.75. The van der Waals surface area contributed by atoms with Gasteiger partial charge in [-0.3, -0.25) is 4.72 Å². The van der Waals surface area contributed by atoms with E-state index in [1.165, 1.54) is 18.3 Å². The third-order valence-corrected chi connectivity index (χ3v) is 4.56. The number of aryl methyl sites for hydroxylation is 2. The Hall–Kier alpha value is -1.79. The van der Waals surface area contributed by atoms with Gasteiger partial charge >= 0.3 is 0 Å². The lowest BCUT2D eigenvalue weighted by Gasteiger charge is -2.11. The number of hydrogen-bond acceptors (Lipinski definition) is 4. The average Bonchev–Trinajstić information content (AvgIpc) is 2.33. The van der Waals surface area contributed by atoms with Crippen molar-refractivity contribution < 1.29 is 8.42 Å². The minimum Gasteiger partial charge on any atom is -0.397 e. The van der Waals surface area contributed by atoms with Crippen LogP contribution in [0.2, 0.25) is 5.02 Å². The number of hydrogen-bond donors (Lipinski definition) is 2. The number of nitrogens with two attached hydrogens (primary N) is 1. The van der Waals surface area contributed by atoms with Gasteiger partial charge in [0.05, 0.1) is 15.6 Å². The first-order valence-electron chi connectivity index (χ1n) is 5.81. The van der Waals surface area contributed by atoms with E-state index in [2.05, 4.69) is 9.71 Å². The number of halogens is 1. The van der Waals surface area contributed by atoms with Gasteiger partial charge in [-0.1, -0.05) is 11.6 Å². The van der Waals surface area contributed by atoms with Crippen molar-refractivity contribution in [3.05, 3.63) is 46.6 Å². The van der Waals surface area contributed by atoms with Gasteiger partial charge in [-0.15, -0.1) is 0 Å². The van der Waals surface area contributed by atoms with Gasteiger partial charge in [0.1, 0.15) is 5.82 Å². The summed E-state index contributed by atoms with van der Waals surface area (Å²) in [5.41, 5.74) is 7.31. The van der Waals surface area contributed by atoms with Crippen molar-refractivity contribution >= 4 is 33.1 Å². The van der Waals surface area contributed by atoms with E-state index in [4.69, 9.17) is 17.3 Å². The Kier molecular flexibility index (Phi) is 3.87. The van der Waals surface area contributed by atoms with Crippen LogP contribution < -0.4 is 10.5 Å². The Morgan fingerprint density at radius 2 is 1.95 bits per heavy atom. The molecule has 3 N–H and O–H groups in total. The lowest BCUT2D eigenvalue weighted by Crippen LogP contribution is -2.15. The quantitative estimate of drug-likeness (QED) is 0.853. The van der Waals surface area contributed by atoms with Crippen LogP contribution in [0.5, 0.6) is 0 Å². The van der Waals surface area contributed by atoms with Crippen LogP contribution in [0, 0.1) is 13.8 Å². The molecule has 0 spiro atoms. The average molecular weight is 312 g/mol. The number of benzene rings is 1. The van der Waals surface area contributed by atoms with E-state index in [1.807, 2.05) is 6.92 Å². The summed E-state index contributed by atoms with van der Waals surface area (Å²) in [5.74, 6) is 0.262. The van der Waals surface area contributed by atoms with Crippen LogP contribution in [0.3, 0.4) is 0 Å². The van der Waals surface area contributed by atoms with Crippen molar-refractivity contribution in [3.63, 3.8) is 0 Å². The van der Waals surface area contributed by atoms with Crippen LogP contribution in [0.25, 0.3) is 0 Å². The van der Waals surface area contributed by atoms with Crippen molar-refractivity contribution in [2.45, 2.75) is 18.7 Å². The number of sulfonamides is 1. The van der Waals surface area contributed by atoms with Crippen molar-refractivity contribution in [2.75, 3.05) is 10.5 Å². The molecule has 0 radical (unpaired) electrons. The van der Waals surface area contributed by atoms with E-state index in [0.717, 1.165) is 5.56 Å². The summed E-state index contributed by atoms with van der Waals surface area (Å²) in [6.07, 6.45) is 1.54. The molecule has 0 amide bonds. The molecule has 5 nitrogen and oxygen atoms in total. The molecule has 0 saturated heterocycles. The molecule has 20 heavy (non-hydrogen) atoms. The predicted molar refractivity (Wildman–Crippen MR) is 80.4 cm³/mol. The maximum Gasteiger partial charge on any atom is 0.263 e. The molecular formula is C13H14ClN3O2S. The molecule has 0 aliphatic heterocycles. The predicted octanol–water partition coefficient (Wildman–Crippen LogP) is 2.73. The highest BCUT2D eigenvalue weighted by Crippen LogP contribution is 2.27. The first-order valence-corrected chi connectivity index (χ1v) is 7.67. The lowest BCUT2D eigenvalue weighted by atomic mass is 10.2. The largest absolute Gasteiger partial charge is 0.397 e. The topological polar surface area (TPSA) is 85.1 Å². The zero-order valence-electron chi connectivity index (χ0n) is 11.0. The molecule has 7 heteroatoms. The molecule has 0 unspecified atom stereocenters. The SMILES string of the molecule is Cc1ccnc(NS(=O)(=O)c2cc(N)c(Cl)cc2C)c1. The fraction of sp³-hybridized carbons (Fsp3) is 0.154. The smallest absolute Gasteiger partial charge is 0.263 e. The van der Waals surface area contributed by atoms with E-state index < -0.39 is 10.0 Å². The summed E-state index contributed by atoms with van der Waals surface area (Å²) in [4.78, 5) is 4.06. The molecule has 0 aliphatic rings. The van der Waals surface area contributed by atoms with Gasteiger partial charge in [0.15, 0.2) is 0 Å². The van der Waals surface area contributed by atoms with E-state index in [1.54, 1.807) is 19.1 Å². The molecule has 106 valence electrons. The monoisotopic (exact) mass is 311 g/mol. The molecule has 0 atom stereocenters. The number of nitrogen functional groups attached to an aromatic ring is 1.